The molecule has 38 heavy (non-hydrogen) atoms. The molecule has 3 aromatic carbocycles. The molecular formula is C32H35ClN2O3. The number of Topliss-reactive ketones (excluding diaryl/α,β-unsaturated/α-hetero) is 1. The Morgan fingerprint density at radius 3 is 2.39 bits per heavy atom. The number of para-hydroxylation sites is 2. The van der Waals surface area contributed by atoms with E-state index in [1.54, 1.807) is 4.90 Å². The Hall–Kier alpha value is -3.57. The molecular weight excluding hydrogens is 496 g/mol. The van der Waals surface area contributed by atoms with Gasteiger partial charge in [-0.3, -0.25) is 14.5 Å². The van der Waals surface area contributed by atoms with Gasteiger partial charge < -0.3 is 10.1 Å². The average molecular weight is 531 g/mol. The van der Waals surface area contributed by atoms with E-state index in [2.05, 4.69) is 19.2 Å². The normalized spacial score (nSPS) is 17.8. The number of hydrogen-bond acceptors (Lipinski definition) is 4. The van der Waals surface area contributed by atoms with Crippen molar-refractivity contribution in [1.82, 2.24) is 0 Å². The first-order chi connectivity index (χ1) is 18.2. The maximum atomic E-state index is 13.6. The number of nitrogens with zero attached hydrogens (tertiary/aromatic N) is 1. The number of carbonyl (C=O) groups is 2. The van der Waals surface area contributed by atoms with Crippen LogP contribution in [0.5, 0.6) is 5.75 Å². The third-order valence-electron chi connectivity index (χ3n) is 6.75. The minimum Gasteiger partial charge on any atom is -0.487 e. The second-order valence-electron chi connectivity index (χ2n) is 10.2. The van der Waals surface area contributed by atoms with E-state index in [0.717, 1.165) is 28.2 Å². The van der Waals surface area contributed by atoms with Crippen molar-refractivity contribution in [3.8, 4) is 5.75 Å². The summed E-state index contributed by atoms with van der Waals surface area (Å²) >= 11 is 6.69. The van der Waals surface area contributed by atoms with Gasteiger partial charge in [-0.15, -0.1) is 0 Å². The smallest absolute Gasteiger partial charge is 0.224 e. The fourth-order valence-electron chi connectivity index (χ4n) is 5.19. The van der Waals surface area contributed by atoms with Crippen LogP contribution in [-0.4, -0.2) is 11.7 Å². The summed E-state index contributed by atoms with van der Waals surface area (Å²) in [6.07, 6.45) is 1.12. The number of ether oxygens (including phenoxy) is 1. The van der Waals surface area contributed by atoms with Crippen molar-refractivity contribution in [2.45, 2.75) is 60.1 Å². The van der Waals surface area contributed by atoms with E-state index >= 15 is 0 Å². The van der Waals surface area contributed by atoms with Crippen LogP contribution in [0.3, 0.4) is 0 Å². The van der Waals surface area contributed by atoms with E-state index in [-0.39, 0.29) is 17.1 Å². The predicted octanol–water partition coefficient (Wildman–Crippen LogP) is 8.11. The highest BCUT2D eigenvalue weighted by molar-refractivity contribution is 6.32. The van der Waals surface area contributed by atoms with Crippen LogP contribution >= 0.6 is 11.6 Å². The highest BCUT2D eigenvalue weighted by atomic mass is 35.5. The van der Waals surface area contributed by atoms with Crippen molar-refractivity contribution in [2.75, 3.05) is 10.2 Å². The average Bonchev–Trinajstić information content (AvgIpc) is 3.03. The fraction of sp³-hybridized carbons (Fsp3) is 0.312. The first-order valence-electron chi connectivity index (χ1n) is 13.1. The lowest BCUT2D eigenvalue weighted by molar-refractivity contribution is -0.118. The third-order valence-corrected chi connectivity index (χ3v) is 7.04. The minimum absolute atomic E-state index is 0.0401. The maximum absolute atomic E-state index is 13.6. The van der Waals surface area contributed by atoms with Crippen LogP contribution in [0, 0.1) is 5.41 Å². The van der Waals surface area contributed by atoms with Crippen molar-refractivity contribution < 1.29 is 14.3 Å². The number of allylic oxidation sites excluding steroid dienone is 1. The molecule has 6 heteroatoms. The van der Waals surface area contributed by atoms with Gasteiger partial charge >= 0.3 is 0 Å². The summed E-state index contributed by atoms with van der Waals surface area (Å²) in [5, 5.41) is 3.94. The fourth-order valence-corrected chi connectivity index (χ4v) is 5.43. The Morgan fingerprint density at radius 2 is 1.71 bits per heavy atom. The van der Waals surface area contributed by atoms with Gasteiger partial charge in [0.1, 0.15) is 12.4 Å². The number of carbonyl (C=O) groups excluding carboxylic acids is 2. The number of amides is 1. The molecule has 5 rings (SSSR count). The van der Waals surface area contributed by atoms with Crippen LogP contribution in [-0.2, 0) is 16.2 Å². The van der Waals surface area contributed by atoms with Gasteiger partial charge in [-0.1, -0.05) is 87.8 Å². The van der Waals surface area contributed by atoms with E-state index in [9.17, 15) is 9.59 Å². The quantitative estimate of drug-likeness (QED) is 0.370. The molecule has 1 atom stereocenters. The number of fused-ring (bicyclic) bond motifs is 1. The van der Waals surface area contributed by atoms with Gasteiger partial charge in [0.2, 0.25) is 5.91 Å². The molecule has 1 aliphatic carbocycles. The second kappa shape index (κ2) is 11.4. The Labute approximate surface area is 230 Å². The van der Waals surface area contributed by atoms with Crippen LogP contribution in [0.15, 0.2) is 84.1 Å². The molecule has 3 aromatic rings. The number of hydrogen-bond donors (Lipinski definition) is 1. The zero-order valence-electron chi connectivity index (χ0n) is 22.7. The molecule has 0 aromatic heterocycles. The van der Waals surface area contributed by atoms with E-state index < -0.39 is 6.04 Å². The van der Waals surface area contributed by atoms with Crippen LogP contribution in [0.2, 0.25) is 5.02 Å². The standard InChI is InChI=1S/C30H29ClN2O3.C2H6/c1-19(34)33-25-12-8-7-11-23(25)32-24-16-30(2,3)17-26(35)28(24)29(33)21-13-14-27(22(31)15-21)36-18-20-9-5-4-6-10-20;1-2/h4-15,29,32H,16-18H2,1-3H3;1-2H3. The number of rotatable bonds is 4. The molecule has 1 heterocycles. The molecule has 1 unspecified atom stereocenters. The van der Waals surface area contributed by atoms with Crippen molar-refractivity contribution in [3.63, 3.8) is 0 Å². The van der Waals surface area contributed by atoms with Gasteiger partial charge in [0.25, 0.3) is 0 Å². The molecule has 5 nitrogen and oxygen atoms in total. The molecule has 1 N–H and O–H groups in total. The summed E-state index contributed by atoms with van der Waals surface area (Å²) in [6.45, 7) is 10.1. The molecule has 0 saturated carbocycles. The van der Waals surface area contributed by atoms with E-state index in [0.29, 0.717) is 35.8 Å². The van der Waals surface area contributed by atoms with Gasteiger partial charge in [-0.2, -0.15) is 0 Å². The maximum Gasteiger partial charge on any atom is 0.224 e. The lowest BCUT2D eigenvalue weighted by Crippen LogP contribution is -2.38. The minimum atomic E-state index is -0.599. The molecule has 0 radical (unpaired) electrons. The van der Waals surface area contributed by atoms with Crippen LogP contribution < -0.4 is 15.0 Å². The first kappa shape index (κ1) is 27.5. The van der Waals surface area contributed by atoms with E-state index in [1.807, 2.05) is 86.6 Å². The topological polar surface area (TPSA) is 58.6 Å². The summed E-state index contributed by atoms with van der Waals surface area (Å²) in [5.74, 6) is 0.440. The molecule has 2 aliphatic rings. The SMILES string of the molecule is CC.CC(=O)N1c2ccccc2NC2=C(C(=O)CC(C)(C)C2)C1c1ccc(OCc2ccccc2)c(Cl)c1. The second-order valence-corrected chi connectivity index (χ2v) is 10.6. The Balaban J connectivity index is 0.00000164. The van der Waals surface area contributed by atoms with Crippen LogP contribution in [0.4, 0.5) is 11.4 Å². The van der Waals surface area contributed by atoms with Gasteiger partial charge in [-0.25, -0.2) is 0 Å². The number of nitrogens with one attached hydrogen (secondary N) is 1. The lowest BCUT2D eigenvalue weighted by atomic mass is 9.73. The molecule has 0 spiro atoms. The number of benzene rings is 3. The van der Waals surface area contributed by atoms with Crippen LogP contribution in [0.25, 0.3) is 0 Å². The molecule has 198 valence electrons. The van der Waals surface area contributed by atoms with Gasteiger partial charge in [-0.05, 0) is 47.2 Å². The Kier molecular flexibility index (Phi) is 8.27. The largest absolute Gasteiger partial charge is 0.487 e. The highest BCUT2D eigenvalue weighted by Gasteiger charge is 2.42. The zero-order chi connectivity index (χ0) is 27.4. The molecule has 1 amide bonds. The van der Waals surface area contributed by atoms with Crippen LogP contribution in [0.1, 0.15) is 64.6 Å². The summed E-state index contributed by atoms with van der Waals surface area (Å²) in [7, 11) is 0. The summed E-state index contributed by atoms with van der Waals surface area (Å²) in [5.41, 5.74) is 4.64. The number of halogens is 1. The number of ketones is 1. The van der Waals surface area contributed by atoms with Crippen molar-refractivity contribution in [2.24, 2.45) is 5.41 Å². The Bertz CT molecular complexity index is 1360. The van der Waals surface area contributed by atoms with Crippen molar-refractivity contribution in [1.29, 1.82) is 0 Å². The Morgan fingerprint density at radius 1 is 1.03 bits per heavy atom. The molecule has 1 aliphatic heterocycles. The van der Waals surface area contributed by atoms with Gasteiger partial charge in [0.05, 0.1) is 22.4 Å². The molecule has 0 bridgehead atoms. The highest BCUT2D eigenvalue weighted by Crippen LogP contribution is 2.48. The first-order valence-corrected chi connectivity index (χ1v) is 13.5. The van der Waals surface area contributed by atoms with E-state index in [1.165, 1.54) is 6.92 Å². The summed E-state index contributed by atoms with van der Waals surface area (Å²) < 4.78 is 5.97. The van der Waals surface area contributed by atoms with Crippen molar-refractivity contribution >= 4 is 34.7 Å². The predicted molar refractivity (Wildman–Crippen MR) is 155 cm³/mol. The summed E-state index contributed by atoms with van der Waals surface area (Å²) in [6, 6.07) is 22.5. The third kappa shape index (κ3) is 5.63. The van der Waals surface area contributed by atoms with E-state index in [4.69, 9.17) is 16.3 Å². The van der Waals surface area contributed by atoms with Gasteiger partial charge in [0, 0.05) is 24.6 Å². The molecule has 0 saturated heterocycles. The lowest BCUT2D eigenvalue weighted by Gasteiger charge is -2.37. The summed E-state index contributed by atoms with van der Waals surface area (Å²) in [4.78, 5) is 28.4. The molecule has 0 fully saturated rings. The van der Waals surface area contributed by atoms with Gasteiger partial charge in [0.15, 0.2) is 5.78 Å². The van der Waals surface area contributed by atoms with Crippen molar-refractivity contribution in [3.05, 3.63) is 100 Å². The number of anilines is 2. The zero-order valence-corrected chi connectivity index (χ0v) is 23.4. The monoisotopic (exact) mass is 530 g/mol.